The number of hydrogen-bond donors (Lipinski definition) is 2. The minimum Gasteiger partial charge on any atom is -0.326 e. The highest BCUT2D eigenvalue weighted by molar-refractivity contribution is 5.97. The number of Topliss-reactive ketones (excluding diaryl/α,β-unsaturated/α-hetero) is 1. The molecule has 0 bridgehead atoms. The highest BCUT2D eigenvalue weighted by Crippen LogP contribution is 2.14. The van der Waals surface area contributed by atoms with Gasteiger partial charge in [-0.15, -0.1) is 0 Å². The quantitative estimate of drug-likeness (QED) is 0.838. The van der Waals surface area contributed by atoms with Gasteiger partial charge in [-0.3, -0.25) is 14.7 Å². The molecule has 0 aliphatic carbocycles. The standard InChI is InChI=1S/C15H17N3O2/c1-9-14(10(2)18-17-9)8-15(20)16-13-6-4-5-12(7-13)11(3)19/h4-7H,8H2,1-3H3,(H,16,20)(H,17,18). The third-order valence-corrected chi connectivity index (χ3v) is 3.17. The fourth-order valence-corrected chi connectivity index (χ4v) is 2.02. The van der Waals surface area contributed by atoms with E-state index in [1.54, 1.807) is 24.3 Å². The van der Waals surface area contributed by atoms with Gasteiger partial charge in [0.2, 0.25) is 5.91 Å². The van der Waals surface area contributed by atoms with Gasteiger partial charge in [-0.25, -0.2) is 0 Å². The molecule has 20 heavy (non-hydrogen) atoms. The molecule has 5 nitrogen and oxygen atoms in total. The predicted octanol–water partition coefficient (Wildman–Crippen LogP) is 2.41. The Labute approximate surface area is 117 Å². The lowest BCUT2D eigenvalue weighted by Gasteiger charge is -2.06. The van der Waals surface area contributed by atoms with Gasteiger partial charge < -0.3 is 5.32 Å². The van der Waals surface area contributed by atoms with Crippen molar-refractivity contribution in [2.45, 2.75) is 27.2 Å². The topological polar surface area (TPSA) is 74.8 Å². The lowest BCUT2D eigenvalue weighted by atomic mass is 10.1. The van der Waals surface area contributed by atoms with Gasteiger partial charge in [0, 0.05) is 22.5 Å². The normalized spacial score (nSPS) is 10.3. The van der Waals surface area contributed by atoms with Crippen molar-refractivity contribution in [3.8, 4) is 0 Å². The van der Waals surface area contributed by atoms with Crippen molar-refractivity contribution in [1.82, 2.24) is 10.2 Å². The van der Waals surface area contributed by atoms with Gasteiger partial charge in [-0.1, -0.05) is 12.1 Å². The number of nitrogens with one attached hydrogen (secondary N) is 2. The number of anilines is 1. The molecular weight excluding hydrogens is 254 g/mol. The van der Waals surface area contributed by atoms with Crippen LogP contribution in [-0.4, -0.2) is 21.9 Å². The van der Waals surface area contributed by atoms with E-state index in [-0.39, 0.29) is 18.1 Å². The highest BCUT2D eigenvalue weighted by atomic mass is 16.1. The molecule has 2 N–H and O–H groups in total. The second-order valence-electron chi connectivity index (χ2n) is 4.77. The van der Waals surface area contributed by atoms with Crippen LogP contribution in [0.25, 0.3) is 0 Å². The third-order valence-electron chi connectivity index (χ3n) is 3.17. The average Bonchev–Trinajstić information content (AvgIpc) is 2.71. The van der Waals surface area contributed by atoms with Crippen molar-refractivity contribution in [3.05, 3.63) is 46.8 Å². The maximum Gasteiger partial charge on any atom is 0.228 e. The van der Waals surface area contributed by atoms with Crippen molar-refractivity contribution < 1.29 is 9.59 Å². The maximum atomic E-state index is 12.0. The van der Waals surface area contributed by atoms with Crippen molar-refractivity contribution in [3.63, 3.8) is 0 Å². The molecule has 0 spiro atoms. The highest BCUT2D eigenvalue weighted by Gasteiger charge is 2.12. The van der Waals surface area contributed by atoms with Crippen LogP contribution in [0.2, 0.25) is 0 Å². The van der Waals surface area contributed by atoms with Crippen LogP contribution in [0.3, 0.4) is 0 Å². The van der Waals surface area contributed by atoms with E-state index in [0.717, 1.165) is 17.0 Å². The summed E-state index contributed by atoms with van der Waals surface area (Å²) >= 11 is 0. The first kappa shape index (κ1) is 14.0. The van der Waals surface area contributed by atoms with E-state index in [1.165, 1.54) is 6.92 Å². The Hall–Kier alpha value is -2.43. The van der Waals surface area contributed by atoms with Gasteiger partial charge in [0.05, 0.1) is 12.1 Å². The second kappa shape index (κ2) is 5.69. The lowest BCUT2D eigenvalue weighted by Crippen LogP contribution is -2.15. The van der Waals surface area contributed by atoms with Gasteiger partial charge in [-0.2, -0.15) is 5.10 Å². The van der Waals surface area contributed by atoms with E-state index in [9.17, 15) is 9.59 Å². The molecule has 104 valence electrons. The number of amides is 1. The van der Waals surface area contributed by atoms with Crippen LogP contribution in [-0.2, 0) is 11.2 Å². The first-order valence-electron chi connectivity index (χ1n) is 6.38. The number of aryl methyl sites for hydroxylation is 2. The molecule has 0 saturated carbocycles. The molecule has 1 heterocycles. The van der Waals surface area contributed by atoms with Gasteiger partial charge in [0.1, 0.15) is 0 Å². The van der Waals surface area contributed by atoms with E-state index in [2.05, 4.69) is 15.5 Å². The van der Waals surface area contributed by atoms with E-state index in [1.807, 2.05) is 13.8 Å². The number of rotatable bonds is 4. The zero-order chi connectivity index (χ0) is 14.7. The minimum absolute atomic E-state index is 0.0253. The summed E-state index contributed by atoms with van der Waals surface area (Å²) in [5, 5.41) is 9.72. The zero-order valence-electron chi connectivity index (χ0n) is 11.8. The van der Waals surface area contributed by atoms with Crippen LogP contribution in [0.4, 0.5) is 5.69 Å². The van der Waals surface area contributed by atoms with E-state index < -0.39 is 0 Å². The van der Waals surface area contributed by atoms with Crippen molar-refractivity contribution in [2.75, 3.05) is 5.32 Å². The van der Waals surface area contributed by atoms with Gasteiger partial charge in [-0.05, 0) is 32.9 Å². The summed E-state index contributed by atoms with van der Waals surface area (Å²) in [5.74, 6) is -0.152. The number of nitrogens with zero attached hydrogens (tertiary/aromatic N) is 1. The lowest BCUT2D eigenvalue weighted by molar-refractivity contribution is -0.115. The molecule has 0 saturated heterocycles. The first-order chi connectivity index (χ1) is 9.47. The van der Waals surface area contributed by atoms with Crippen molar-refractivity contribution in [1.29, 1.82) is 0 Å². The Morgan fingerprint density at radius 1 is 1.30 bits per heavy atom. The Balaban J connectivity index is 2.09. The van der Waals surface area contributed by atoms with Crippen molar-refractivity contribution in [2.24, 2.45) is 0 Å². The molecule has 1 aromatic carbocycles. The predicted molar refractivity (Wildman–Crippen MR) is 76.8 cm³/mol. The fourth-order valence-electron chi connectivity index (χ4n) is 2.02. The van der Waals surface area contributed by atoms with E-state index in [4.69, 9.17) is 0 Å². The Morgan fingerprint density at radius 2 is 2.05 bits per heavy atom. The summed E-state index contributed by atoms with van der Waals surface area (Å²) in [7, 11) is 0. The molecule has 0 fully saturated rings. The van der Waals surface area contributed by atoms with E-state index in [0.29, 0.717) is 11.3 Å². The number of hydrogen-bond acceptors (Lipinski definition) is 3. The number of aromatic nitrogens is 2. The Kier molecular flexibility index (Phi) is 3.98. The number of benzene rings is 1. The molecule has 0 aliphatic heterocycles. The van der Waals surface area contributed by atoms with Crippen LogP contribution in [0.1, 0.15) is 34.2 Å². The van der Waals surface area contributed by atoms with Gasteiger partial charge in [0.25, 0.3) is 0 Å². The summed E-state index contributed by atoms with van der Waals surface area (Å²) in [6, 6.07) is 6.91. The second-order valence-corrected chi connectivity index (χ2v) is 4.77. The summed E-state index contributed by atoms with van der Waals surface area (Å²) in [6.07, 6.45) is 0.262. The zero-order valence-corrected chi connectivity index (χ0v) is 11.8. The summed E-state index contributed by atoms with van der Waals surface area (Å²) in [4.78, 5) is 23.3. The summed E-state index contributed by atoms with van der Waals surface area (Å²) in [6.45, 7) is 5.25. The smallest absolute Gasteiger partial charge is 0.228 e. The molecule has 0 atom stereocenters. The third kappa shape index (κ3) is 3.12. The largest absolute Gasteiger partial charge is 0.326 e. The summed E-state index contributed by atoms with van der Waals surface area (Å²) < 4.78 is 0. The Morgan fingerprint density at radius 3 is 2.65 bits per heavy atom. The number of carbonyl (C=O) groups is 2. The number of H-pyrrole nitrogens is 1. The van der Waals surface area contributed by atoms with Crippen molar-refractivity contribution >= 4 is 17.4 Å². The number of aromatic amines is 1. The molecule has 0 aliphatic rings. The van der Waals surface area contributed by atoms with Crippen LogP contribution in [0, 0.1) is 13.8 Å². The molecule has 0 radical (unpaired) electrons. The monoisotopic (exact) mass is 271 g/mol. The van der Waals surface area contributed by atoms with Gasteiger partial charge in [0.15, 0.2) is 5.78 Å². The molecular formula is C15H17N3O2. The van der Waals surface area contributed by atoms with Crippen LogP contribution in [0.5, 0.6) is 0 Å². The maximum absolute atomic E-state index is 12.0. The minimum atomic E-state index is -0.127. The van der Waals surface area contributed by atoms with Crippen LogP contribution >= 0.6 is 0 Å². The molecule has 5 heteroatoms. The molecule has 2 rings (SSSR count). The Bertz CT molecular complexity index is 639. The molecule has 0 unspecified atom stereocenters. The first-order valence-corrected chi connectivity index (χ1v) is 6.38. The summed E-state index contributed by atoms with van der Waals surface area (Å²) in [5.41, 5.74) is 3.84. The van der Waals surface area contributed by atoms with Gasteiger partial charge >= 0.3 is 0 Å². The van der Waals surface area contributed by atoms with Crippen LogP contribution < -0.4 is 5.32 Å². The molecule has 1 aromatic heterocycles. The number of ketones is 1. The van der Waals surface area contributed by atoms with E-state index >= 15 is 0 Å². The SMILES string of the molecule is CC(=O)c1cccc(NC(=O)Cc2c(C)n[nH]c2C)c1. The molecule has 2 aromatic rings. The van der Waals surface area contributed by atoms with Crippen LogP contribution in [0.15, 0.2) is 24.3 Å². The number of carbonyl (C=O) groups excluding carboxylic acids is 2. The average molecular weight is 271 g/mol. The molecule has 1 amide bonds. The fraction of sp³-hybridized carbons (Fsp3) is 0.267.